The zero-order chi connectivity index (χ0) is 13.8. The van der Waals surface area contributed by atoms with Crippen molar-refractivity contribution >= 4 is 17.7 Å². The highest BCUT2D eigenvalue weighted by Gasteiger charge is 2.16. The average Bonchev–Trinajstić information content (AvgIpc) is 2.94. The number of furan rings is 1. The van der Waals surface area contributed by atoms with E-state index in [9.17, 15) is 4.79 Å². The first kappa shape index (κ1) is 13.7. The van der Waals surface area contributed by atoms with Gasteiger partial charge < -0.3 is 14.1 Å². The Morgan fingerprint density at radius 1 is 1.53 bits per heavy atom. The quantitative estimate of drug-likeness (QED) is 0.819. The summed E-state index contributed by atoms with van der Waals surface area (Å²) in [5.74, 6) is 0.635. The third kappa shape index (κ3) is 3.17. The molecule has 102 valence electrons. The average molecular weight is 281 g/mol. The molecule has 0 amide bonds. The van der Waals surface area contributed by atoms with Crippen molar-refractivity contribution in [2.24, 2.45) is 0 Å². The van der Waals surface area contributed by atoms with Crippen LogP contribution in [0, 0.1) is 6.92 Å². The predicted molar refractivity (Wildman–Crippen MR) is 71.1 cm³/mol. The van der Waals surface area contributed by atoms with Crippen molar-refractivity contribution in [2.45, 2.75) is 32.0 Å². The Morgan fingerprint density at radius 3 is 2.89 bits per heavy atom. The number of hydrogen-bond acceptors (Lipinski definition) is 5. The van der Waals surface area contributed by atoms with E-state index in [2.05, 4.69) is 17.1 Å². The van der Waals surface area contributed by atoms with E-state index in [0.29, 0.717) is 11.0 Å². The Balaban J connectivity index is 2.31. The molecule has 0 bridgehead atoms. The van der Waals surface area contributed by atoms with Crippen molar-refractivity contribution in [1.29, 1.82) is 0 Å². The second kappa shape index (κ2) is 5.92. The summed E-state index contributed by atoms with van der Waals surface area (Å²) in [5.41, 5.74) is 0.862. The Kier molecular flexibility index (Phi) is 4.26. The van der Waals surface area contributed by atoms with Crippen molar-refractivity contribution in [2.75, 3.05) is 5.75 Å². The number of aliphatic carboxylic acids is 1. The first-order chi connectivity index (χ1) is 9.11. The smallest absolute Gasteiger partial charge is 0.313 e. The first-order valence-electron chi connectivity index (χ1n) is 5.95. The van der Waals surface area contributed by atoms with Gasteiger partial charge in [-0.1, -0.05) is 18.7 Å². The van der Waals surface area contributed by atoms with Crippen molar-refractivity contribution in [1.82, 2.24) is 14.8 Å². The zero-order valence-electron chi connectivity index (χ0n) is 10.8. The third-order valence-electron chi connectivity index (χ3n) is 2.48. The summed E-state index contributed by atoms with van der Waals surface area (Å²) < 4.78 is 7.21. The molecule has 0 aliphatic rings. The molecule has 1 N–H and O–H groups in total. The molecular formula is C12H15N3O3S. The van der Waals surface area contributed by atoms with Gasteiger partial charge in [-0.15, -0.1) is 10.2 Å². The van der Waals surface area contributed by atoms with Gasteiger partial charge in [0.2, 0.25) is 0 Å². The molecule has 2 aromatic rings. The number of hydrogen-bond donors (Lipinski definition) is 1. The highest BCUT2D eigenvalue weighted by molar-refractivity contribution is 7.99. The van der Waals surface area contributed by atoms with E-state index in [1.54, 1.807) is 6.26 Å². The van der Waals surface area contributed by atoms with Crippen LogP contribution in [0.2, 0.25) is 0 Å². The van der Waals surface area contributed by atoms with Gasteiger partial charge in [0.15, 0.2) is 11.0 Å². The van der Waals surface area contributed by atoms with Crippen LogP contribution >= 0.6 is 11.8 Å². The van der Waals surface area contributed by atoms with E-state index < -0.39 is 5.97 Å². The molecule has 0 fully saturated rings. The summed E-state index contributed by atoms with van der Waals surface area (Å²) in [4.78, 5) is 10.6. The lowest BCUT2D eigenvalue weighted by Crippen LogP contribution is -2.04. The van der Waals surface area contributed by atoms with Gasteiger partial charge >= 0.3 is 5.97 Å². The maximum atomic E-state index is 10.6. The van der Waals surface area contributed by atoms with Crippen LogP contribution < -0.4 is 0 Å². The van der Waals surface area contributed by atoms with Crippen LogP contribution in [0.5, 0.6) is 0 Å². The number of carbonyl (C=O) groups is 1. The molecule has 0 saturated heterocycles. The minimum absolute atomic E-state index is 0.0216. The minimum atomic E-state index is -0.864. The molecule has 0 spiro atoms. The molecule has 0 saturated carbocycles. The lowest BCUT2D eigenvalue weighted by molar-refractivity contribution is -0.133. The lowest BCUT2D eigenvalue weighted by Gasteiger charge is -2.06. The van der Waals surface area contributed by atoms with Crippen LogP contribution in [0.1, 0.15) is 19.1 Å². The van der Waals surface area contributed by atoms with Gasteiger partial charge in [0, 0.05) is 6.54 Å². The van der Waals surface area contributed by atoms with E-state index in [1.165, 1.54) is 11.8 Å². The Labute approximate surface area is 114 Å². The standard InChI is InChI=1S/C12H15N3O3S/c1-3-4-15-11(9-5-8(2)18-6-9)13-14-12(15)19-7-10(16)17/h5-6H,3-4,7H2,1-2H3,(H,16,17). The molecule has 0 aliphatic carbocycles. The van der Waals surface area contributed by atoms with Gasteiger partial charge in [-0.3, -0.25) is 4.79 Å². The summed E-state index contributed by atoms with van der Waals surface area (Å²) in [6.07, 6.45) is 2.56. The van der Waals surface area contributed by atoms with Crippen LogP contribution in [0.4, 0.5) is 0 Å². The van der Waals surface area contributed by atoms with Crippen LogP contribution in [-0.2, 0) is 11.3 Å². The normalized spacial score (nSPS) is 10.8. The fraction of sp³-hybridized carbons (Fsp3) is 0.417. The zero-order valence-corrected chi connectivity index (χ0v) is 11.6. The highest BCUT2D eigenvalue weighted by Crippen LogP contribution is 2.25. The number of carboxylic acid groups (broad SMARTS) is 1. The van der Waals surface area contributed by atoms with E-state index >= 15 is 0 Å². The van der Waals surface area contributed by atoms with E-state index in [-0.39, 0.29) is 5.75 Å². The molecule has 2 aromatic heterocycles. The predicted octanol–water partition coefficient (Wildman–Crippen LogP) is 2.43. The number of thioether (sulfide) groups is 1. The number of aryl methyl sites for hydroxylation is 1. The van der Waals surface area contributed by atoms with Crippen LogP contribution in [-0.4, -0.2) is 31.6 Å². The maximum absolute atomic E-state index is 10.6. The molecule has 0 unspecified atom stereocenters. The molecule has 0 aliphatic heterocycles. The first-order valence-corrected chi connectivity index (χ1v) is 6.93. The maximum Gasteiger partial charge on any atom is 0.313 e. The third-order valence-corrected chi connectivity index (χ3v) is 3.43. The second-order valence-electron chi connectivity index (χ2n) is 4.09. The molecule has 19 heavy (non-hydrogen) atoms. The second-order valence-corrected chi connectivity index (χ2v) is 5.03. The Morgan fingerprint density at radius 2 is 2.32 bits per heavy atom. The van der Waals surface area contributed by atoms with Crippen molar-refractivity contribution in [3.63, 3.8) is 0 Å². The Bertz CT molecular complexity index is 577. The molecule has 0 atom stereocenters. The van der Waals surface area contributed by atoms with Gasteiger partial charge in [-0.2, -0.15) is 0 Å². The van der Waals surface area contributed by atoms with Crippen LogP contribution in [0.3, 0.4) is 0 Å². The molecule has 6 nitrogen and oxygen atoms in total. The van der Waals surface area contributed by atoms with E-state index in [4.69, 9.17) is 9.52 Å². The molecule has 2 heterocycles. The fourth-order valence-electron chi connectivity index (χ4n) is 1.72. The molecule has 2 rings (SSSR count). The monoisotopic (exact) mass is 281 g/mol. The van der Waals surface area contributed by atoms with E-state index in [0.717, 1.165) is 24.3 Å². The lowest BCUT2D eigenvalue weighted by atomic mass is 10.3. The van der Waals surface area contributed by atoms with Gasteiger partial charge in [-0.25, -0.2) is 0 Å². The fourth-order valence-corrected chi connectivity index (χ4v) is 2.41. The number of aromatic nitrogens is 3. The minimum Gasteiger partial charge on any atom is -0.481 e. The topological polar surface area (TPSA) is 81.2 Å². The summed E-state index contributed by atoms with van der Waals surface area (Å²) in [6, 6.07) is 1.89. The van der Waals surface area contributed by atoms with Gasteiger partial charge in [0.25, 0.3) is 0 Å². The van der Waals surface area contributed by atoms with Gasteiger partial charge in [0.05, 0.1) is 11.3 Å². The molecule has 0 radical (unpaired) electrons. The van der Waals surface area contributed by atoms with Crippen molar-refractivity contribution in [3.05, 3.63) is 18.1 Å². The SMILES string of the molecule is CCCn1c(SCC(=O)O)nnc1-c1coc(C)c1. The van der Waals surface area contributed by atoms with Gasteiger partial charge in [-0.05, 0) is 19.4 Å². The number of nitrogens with zero attached hydrogens (tertiary/aromatic N) is 3. The molecule has 7 heteroatoms. The molecule has 0 aromatic carbocycles. The summed E-state index contributed by atoms with van der Waals surface area (Å²) in [6.45, 7) is 4.66. The van der Waals surface area contributed by atoms with Crippen LogP contribution in [0.25, 0.3) is 11.4 Å². The summed E-state index contributed by atoms with van der Waals surface area (Å²) >= 11 is 1.18. The Hall–Kier alpha value is -1.76. The van der Waals surface area contributed by atoms with Crippen LogP contribution in [0.15, 0.2) is 21.9 Å². The molecular weight excluding hydrogens is 266 g/mol. The largest absolute Gasteiger partial charge is 0.481 e. The summed E-state index contributed by atoms with van der Waals surface area (Å²) in [5, 5.41) is 17.6. The summed E-state index contributed by atoms with van der Waals surface area (Å²) in [7, 11) is 0. The van der Waals surface area contributed by atoms with E-state index in [1.807, 2.05) is 17.6 Å². The number of carboxylic acids is 1. The van der Waals surface area contributed by atoms with Crippen molar-refractivity contribution < 1.29 is 14.3 Å². The highest BCUT2D eigenvalue weighted by atomic mass is 32.2. The van der Waals surface area contributed by atoms with Crippen molar-refractivity contribution in [3.8, 4) is 11.4 Å². The van der Waals surface area contributed by atoms with Gasteiger partial charge in [0.1, 0.15) is 12.0 Å². The number of rotatable bonds is 6.